The highest BCUT2D eigenvalue weighted by atomic mass is 32.1. The number of benzene rings is 1. The summed E-state index contributed by atoms with van der Waals surface area (Å²) in [6.45, 7) is 5.68. The van der Waals surface area contributed by atoms with Crippen LogP contribution in [-0.2, 0) is 11.2 Å². The maximum Gasteiger partial charge on any atom is 0.245 e. The number of fused-ring (bicyclic) bond motifs is 1. The molecule has 2 aromatic rings. The van der Waals surface area contributed by atoms with E-state index >= 15 is 0 Å². The summed E-state index contributed by atoms with van der Waals surface area (Å²) in [4.78, 5) is 14.3. The molecule has 5 nitrogen and oxygen atoms in total. The predicted octanol–water partition coefficient (Wildman–Crippen LogP) is 3.05. The summed E-state index contributed by atoms with van der Waals surface area (Å²) in [7, 11) is 0. The molecule has 0 bridgehead atoms. The summed E-state index contributed by atoms with van der Waals surface area (Å²) >= 11 is 1.33. The van der Waals surface area contributed by atoms with Crippen molar-refractivity contribution in [2.75, 3.05) is 23.3 Å². The second-order valence-electron chi connectivity index (χ2n) is 5.86. The fourth-order valence-corrected chi connectivity index (χ4v) is 3.24. The van der Waals surface area contributed by atoms with Crippen molar-refractivity contribution in [2.45, 2.75) is 32.6 Å². The van der Waals surface area contributed by atoms with Gasteiger partial charge in [0.1, 0.15) is 5.51 Å². The average molecular weight is 316 g/mol. The van der Waals surface area contributed by atoms with E-state index in [9.17, 15) is 4.79 Å². The summed E-state index contributed by atoms with van der Waals surface area (Å²) in [5.41, 5.74) is 5.50. The Morgan fingerprint density at radius 1 is 1.45 bits per heavy atom. The molecular formula is C16H20N4OS. The maximum atomic E-state index is 12.1. The van der Waals surface area contributed by atoms with Gasteiger partial charge in [0.15, 0.2) is 0 Å². The molecule has 1 aliphatic heterocycles. The van der Waals surface area contributed by atoms with Gasteiger partial charge in [0, 0.05) is 12.2 Å². The lowest BCUT2D eigenvalue weighted by Crippen LogP contribution is -2.36. The Labute approximate surface area is 134 Å². The molecule has 22 heavy (non-hydrogen) atoms. The Bertz CT molecular complexity index is 654. The number of anilines is 2. The molecule has 1 aromatic heterocycles. The van der Waals surface area contributed by atoms with Crippen LogP contribution in [0.2, 0.25) is 0 Å². The second-order valence-corrected chi connectivity index (χ2v) is 6.69. The maximum absolute atomic E-state index is 12.1. The van der Waals surface area contributed by atoms with Gasteiger partial charge >= 0.3 is 0 Å². The number of hydrogen-bond donors (Lipinski definition) is 1. The minimum atomic E-state index is -0.0439. The minimum absolute atomic E-state index is 0.0439. The Morgan fingerprint density at radius 2 is 2.32 bits per heavy atom. The van der Waals surface area contributed by atoms with Crippen molar-refractivity contribution in [2.24, 2.45) is 0 Å². The molecule has 0 atom stereocenters. The quantitative estimate of drug-likeness (QED) is 0.942. The first-order valence-corrected chi connectivity index (χ1v) is 8.45. The Balaban J connectivity index is 1.72. The van der Waals surface area contributed by atoms with Crippen LogP contribution in [0.4, 0.5) is 10.8 Å². The molecule has 0 saturated carbocycles. The monoisotopic (exact) mass is 316 g/mol. The lowest BCUT2D eigenvalue weighted by molar-refractivity contribution is -0.115. The molecule has 3 rings (SSSR count). The van der Waals surface area contributed by atoms with Crippen molar-refractivity contribution in [1.29, 1.82) is 0 Å². The third-order valence-electron chi connectivity index (χ3n) is 3.93. The van der Waals surface area contributed by atoms with Gasteiger partial charge in [-0.3, -0.25) is 10.1 Å². The van der Waals surface area contributed by atoms with E-state index < -0.39 is 0 Å². The standard InChI is InChI=1S/C16H20N4OS/c1-11(2)12-5-6-14-13(8-12)4-3-7-20(14)9-15(21)18-16-19-17-10-22-16/h5-6,8,10-11H,3-4,7,9H2,1-2H3,(H,18,19,21). The number of rotatable bonds is 4. The van der Waals surface area contributed by atoms with E-state index in [2.05, 4.69) is 52.5 Å². The Morgan fingerprint density at radius 3 is 3.05 bits per heavy atom. The van der Waals surface area contributed by atoms with Crippen LogP contribution in [0.1, 0.15) is 37.3 Å². The van der Waals surface area contributed by atoms with E-state index in [4.69, 9.17) is 0 Å². The molecule has 0 unspecified atom stereocenters. The van der Waals surface area contributed by atoms with E-state index in [0.29, 0.717) is 17.6 Å². The van der Waals surface area contributed by atoms with Crippen molar-refractivity contribution in [3.63, 3.8) is 0 Å². The van der Waals surface area contributed by atoms with Gasteiger partial charge in [-0.2, -0.15) is 0 Å². The molecule has 0 radical (unpaired) electrons. The predicted molar refractivity (Wildman–Crippen MR) is 89.6 cm³/mol. The van der Waals surface area contributed by atoms with Crippen molar-refractivity contribution in [3.8, 4) is 0 Å². The Kier molecular flexibility index (Phi) is 4.38. The number of carbonyl (C=O) groups excluding carboxylic acids is 1. The molecule has 1 N–H and O–H groups in total. The fraction of sp³-hybridized carbons (Fsp3) is 0.438. The molecule has 1 aromatic carbocycles. The van der Waals surface area contributed by atoms with E-state index in [1.165, 1.54) is 28.2 Å². The molecule has 0 spiro atoms. The third-order valence-corrected chi connectivity index (χ3v) is 4.53. The van der Waals surface area contributed by atoms with Gasteiger partial charge in [-0.15, -0.1) is 10.2 Å². The number of aromatic nitrogens is 2. The van der Waals surface area contributed by atoms with Gasteiger partial charge in [-0.05, 0) is 36.0 Å². The lowest BCUT2D eigenvalue weighted by atomic mass is 9.95. The van der Waals surface area contributed by atoms with Crippen LogP contribution in [-0.4, -0.2) is 29.2 Å². The summed E-state index contributed by atoms with van der Waals surface area (Å²) in [6, 6.07) is 6.61. The minimum Gasteiger partial charge on any atom is -0.362 e. The van der Waals surface area contributed by atoms with Crippen LogP contribution in [0.15, 0.2) is 23.7 Å². The van der Waals surface area contributed by atoms with Crippen LogP contribution >= 0.6 is 11.3 Å². The average Bonchev–Trinajstić information content (AvgIpc) is 2.99. The molecular weight excluding hydrogens is 296 g/mol. The van der Waals surface area contributed by atoms with Gasteiger partial charge in [0.05, 0.1) is 6.54 Å². The first-order valence-electron chi connectivity index (χ1n) is 7.57. The van der Waals surface area contributed by atoms with Crippen LogP contribution in [0, 0.1) is 0 Å². The summed E-state index contributed by atoms with van der Waals surface area (Å²) in [5, 5.41) is 10.9. The first-order chi connectivity index (χ1) is 10.6. The zero-order valence-electron chi connectivity index (χ0n) is 12.9. The highest BCUT2D eigenvalue weighted by Gasteiger charge is 2.20. The number of carbonyl (C=O) groups is 1. The van der Waals surface area contributed by atoms with Gasteiger partial charge < -0.3 is 4.90 Å². The van der Waals surface area contributed by atoms with Crippen molar-refractivity contribution >= 4 is 28.1 Å². The Hall–Kier alpha value is -1.95. The topological polar surface area (TPSA) is 58.1 Å². The second kappa shape index (κ2) is 6.44. The lowest BCUT2D eigenvalue weighted by Gasteiger charge is -2.31. The van der Waals surface area contributed by atoms with E-state index in [1.54, 1.807) is 5.51 Å². The van der Waals surface area contributed by atoms with E-state index in [1.807, 2.05) is 0 Å². The van der Waals surface area contributed by atoms with Gasteiger partial charge in [0.2, 0.25) is 11.0 Å². The molecule has 116 valence electrons. The SMILES string of the molecule is CC(C)c1ccc2c(c1)CCCN2CC(=O)Nc1nncs1. The third kappa shape index (κ3) is 3.27. The van der Waals surface area contributed by atoms with Crippen molar-refractivity contribution in [3.05, 3.63) is 34.8 Å². The zero-order chi connectivity index (χ0) is 15.5. The zero-order valence-corrected chi connectivity index (χ0v) is 13.7. The first kappa shape index (κ1) is 15.0. The summed E-state index contributed by atoms with van der Waals surface area (Å²) in [5.74, 6) is 0.485. The van der Waals surface area contributed by atoms with Gasteiger partial charge in [-0.25, -0.2) is 0 Å². The molecule has 6 heteroatoms. The molecule has 0 aliphatic carbocycles. The van der Waals surface area contributed by atoms with E-state index in [0.717, 1.165) is 19.4 Å². The normalized spacial score (nSPS) is 14.0. The highest BCUT2D eigenvalue weighted by molar-refractivity contribution is 7.13. The molecule has 0 saturated heterocycles. The van der Waals surface area contributed by atoms with E-state index in [-0.39, 0.29) is 5.91 Å². The van der Waals surface area contributed by atoms with Gasteiger partial charge in [-0.1, -0.05) is 37.3 Å². The summed E-state index contributed by atoms with van der Waals surface area (Å²) < 4.78 is 0. The largest absolute Gasteiger partial charge is 0.362 e. The number of nitrogens with one attached hydrogen (secondary N) is 1. The number of aryl methyl sites for hydroxylation is 1. The number of amides is 1. The fourth-order valence-electron chi connectivity index (χ4n) is 2.78. The highest BCUT2D eigenvalue weighted by Crippen LogP contribution is 2.30. The van der Waals surface area contributed by atoms with Crippen LogP contribution in [0.25, 0.3) is 0 Å². The smallest absolute Gasteiger partial charge is 0.245 e. The number of nitrogens with zero attached hydrogens (tertiary/aromatic N) is 3. The van der Waals surface area contributed by atoms with Crippen LogP contribution in [0.3, 0.4) is 0 Å². The molecule has 1 aliphatic rings. The van der Waals surface area contributed by atoms with Crippen molar-refractivity contribution in [1.82, 2.24) is 10.2 Å². The van der Waals surface area contributed by atoms with Gasteiger partial charge in [0.25, 0.3) is 0 Å². The van der Waals surface area contributed by atoms with Crippen molar-refractivity contribution < 1.29 is 4.79 Å². The molecule has 1 amide bonds. The number of hydrogen-bond acceptors (Lipinski definition) is 5. The molecule has 0 fully saturated rings. The summed E-state index contributed by atoms with van der Waals surface area (Å²) in [6.07, 6.45) is 2.17. The molecule has 2 heterocycles. The van der Waals surface area contributed by atoms with Crippen LogP contribution in [0.5, 0.6) is 0 Å². The van der Waals surface area contributed by atoms with Crippen LogP contribution < -0.4 is 10.2 Å².